The molecule has 0 bridgehead atoms. The highest BCUT2D eigenvalue weighted by Gasteiger charge is 2.02. The summed E-state index contributed by atoms with van der Waals surface area (Å²) in [4.78, 5) is 8.47. The highest BCUT2D eigenvalue weighted by atomic mass is 32.1. The van der Waals surface area contributed by atoms with Crippen molar-refractivity contribution in [3.8, 4) is 6.07 Å². The smallest absolute Gasteiger partial charge is 0.101 e. The number of nitriles is 1. The largest absolute Gasteiger partial charge is 0.255 e. The van der Waals surface area contributed by atoms with Crippen molar-refractivity contribution in [2.24, 2.45) is 0 Å². The molecule has 0 aliphatic rings. The maximum absolute atomic E-state index is 8.77. The van der Waals surface area contributed by atoms with E-state index in [0.717, 1.165) is 21.1 Å². The van der Waals surface area contributed by atoms with Gasteiger partial charge in [-0.25, -0.2) is 4.98 Å². The van der Waals surface area contributed by atoms with Crippen LogP contribution in [0.1, 0.15) is 5.56 Å². The number of nitrogens with zero attached hydrogens (tertiary/aromatic N) is 3. The molecule has 4 heteroatoms. The lowest BCUT2D eigenvalue weighted by molar-refractivity contribution is 1.37. The second-order valence-electron chi connectivity index (χ2n) is 3.20. The lowest BCUT2D eigenvalue weighted by atomic mass is 10.1. The molecule has 70 valence electrons. The Balaban J connectivity index is 2.45. The summed E-state index contributed by atoms with van der Waals surface area (Å²) >= 11 is 1.60. The fourth-order valence-corrected chi connectivity index (χ4v) is 2.23. The molecule has 0 saturated heterocycles. The number of rotatable bonds is 0. The van der Waals surface area contributed by atoms with Gasteiger partial charge in [-0.05, 0) is 18.2 Å². The predicted molar refractivity (Wildman–Crippen MR) is 59.6 cm³/mol. The van der Waals surface area contributed by atoms with Crippen LogP contribution in [0.15, 0.2) is 29.9 Å². The maximum atomic E-state index is 8.77. The van der Waals surface area contributed by atoms with Crippen LogP contribution < -0.4 is 0 Å². The van der Waals surface area contributed by atoms with Crippen molar-refractivity contribution >= 4 is 32.5 Å². The van der Waals surface area contributed by atoms with Gasteiger partial charge in [0.1, 0.15) is 6.07 Å². The van der Waals surface area contributed by atoms with Gasteiger partial charge >= 0.3 is 0 Å². The standard InChI is InChI=1S/C11H5N3S/c12-4-7-1-8-2-10-11(15-6-14-10)3-9(8)13-5-7/h1-3,5-6H. The Morgan fingerprint density at radius 2 is 2.07 bits per heavy atom. The topological polar surface area (TPSA) is 49.6 Å². The van der Waals surface area contributed by atoms with Crippen LogP contribution in [0.25, 0.3) is 21.1 Å². The molecule has 0 amide bonds. The van der Waals surface area contributed by atoms with Crippen LogP contribution >= 0.6 is 11.3 Å². The maximum Gasteiger partial charge on any atom is 0.101 e. The summed E-state index contributed by atoms with van der Waals surface area (Å²) < 4.78 is 1.12. The number of aromatic nitrogens is 2. The highest BCUT2D eigenvalue weighted by Crippen LogP contribution is 2.23. The fraction of sp³-hybridized carbons (Fsp3) is 0. The number of thiazole rings is 1. The number of hydrogen-bond donors (Lipinski definition) is 0. The average molecular weight is 211 g/mol. The molecule has 3 rings (SSSR count). The van der Waals surface area contributed by atoms with E-state index in [1.165, 1.54) is 0 Å². The molecule has 3 aromatic rings. The summed E-state index contributed by atoms with van der Waals surface area (Å²) in [5, 5.41) is 9.73. The molecule has 0 aliphatic heterocycles. The molecule has 15 heavy (non-hydrogen) atoms. The summed E-state index contributed by atoms with van der Waals surface area (Å²) in [7, 11) is 0. The second-order valence-corrected chi connectivity index (χ2v) is 4.09. The van der Waals surface area contributed by atoms with E-state index < -0.39 is 0 Å². The summed E-state index contributed by atoms with van der Waals surface area (Å²) in [5.74, 6) is 0. The number of benzene rings is 1. The summed E-state index contributed by atoms with van der Waals surface area (Å²) in [6, 6.07) is 7.89. The van der Waals surface area contributed by atoms with Gasteiger partial charge in [-0.1, -0.05) is 0 Å². The summed E-state index contributed by atoms with van der Waals surface area (Å²) in [6.07, 6.45) is 1.59. The van der Waals surface area contributed by atoms with Crippen LogP contribution in [0, 0.1) is 11.3 Å². The van der Waals surface area contributed by atoms with Crippen LogP contribution in [-0.4, -0.2) is 9.97 Å². The third-order valence-electron chi connectivity index (χ3n) is 2.26. The SMILES string of the molecule is N#Cc1cnc2cc3scnc3cc2c1. The first-order valence-electron chi connectivity index (χ1n) is 4.40. The first-order valence-corrected chi connectivity index (χ1v) is 5.28. The Bertz CT molecular complexity index is 694. The van der Waals surface area contributed by atoms with Gasteiger partial charge in [-0.3, -0.25) is 4.98 Å². The molecule has 0 unspecified atom stereocenters. The normalized spacial score (nSPS) is 10.6. The molecule has 1 aromatic carbocycles. The summed E-state index contributed by atoms with van der Waals surface area (Å²) in [6.45, 7) is 0. The second kappa shape index (κ2) is 3.01. The van der Waals surface area contributed by atoms with E-state index >= 15 is 0 Å². The summed E-state index contributed by atoms with van der Waals surface area (Å²) in [5.41, 5.74) is 4.27. The van der Waals surface area contributed by atoms with Crippen molar-refractivity contribution in [2.75, 3.05) is 0 Å². The van der Waals surface area contributed by atoms with Crippen LogP contribution in [-0.2, 0) is 0 Å². The van der Waals surface area contributed by atoms with E-state index in [1.807, 2.05) is 23.7 Å². The van der Waals surface area contributed by atoms with Crippen LogP contribution in [0.5, 0.6) is 0 Å². The first-order chi connectivity index (χ1) is 7.36. The van der Waals surface area contributed by atoms with Gasteiger partial charge in [0.05, 0.1) is 26.8 Å². The van der Waals surface area contributed by atoms with Gasteiger partial charge in [0, 0.05) is 11.6 Å². The van der Waals surface area contributed by atoms with Crippen LogP contribution in [0.3, 0.4) is 0 Å². The van der Waals surface area contributed by atoms with Gasteiger partial charge in [-0.15, -0.1) is 11.3 Å². The Labute approximate surface area is 89.6 Å². The average Bonchev–Trinajstić information content (AvgIpc) is 2.72. The van der Waals surface area contributed by atoms with Crippen molar-refractivity contribution in [1.82, 2.24) is 9.97 Å². The molecule has 0 radical (unpaired) electrons. The molecule has 0 atom stereocenters. The zero-order chi connectivity index (χ0) is 10.3. The van der Waals surface area contributed by atoms with Gasteiger partial charge in [0.25, 0.3) is 0 Å². The molecule has 0 aliphatic carbocycles. The first kappa shape index (κ1) is 8.33. The number of fused-ring (bicyclic) bond motifs is 2. The molecule has 0 spiro atoms. The van der Waals surface area contributed by atoms with E-state index in [1.54, 1.807) is 17.5 Å². The molecule has 0 fully saturated rings. The van der Waals surface area contributed by atoms with Gasteiger partial charge < -0.3 is 0 Å². The monoisotopic (exact) mass is 211 g/mol. The van der Waals surface area contributed by atoms with Gasteiger partial charge in [0.2, 0.25) is 0 Å². The quantitative estimate of drug-likeness (QED) is 0.574. The number of pyridine rings is 1. The van der Waals surface area contributed by atoms with Crippen LogP contribution in [0.4, 0.5) is 0 Å². The number of hydrogen-bond acceptors (Lipinski definition) is 4. The minimum Gasteiger partial charge on any atom is -0.255 e. The Hall–Kier alpha value is -1.99. The predicted octanol–water partition coefficient (Wildman–Crippen LogP) is 2.72. The van der Waals surface area contributed by atoms with Crippen molar-refractivity contribution < 1.29 is 0 Å². The minimum atomic E-state index is 0.581. The van der Waals surface area contributed by atoms with E-state index in [2.05, 4.69) is 16.0 Å². The van der Waals surface area contributed by atoms with Crippen molar-refractivity contribution in [1.29, 1.82) is 5.26 Å². The highest BCUT2D eigenvalue weighted by molar-refractivity contribution is 7.16. The van der Waals surface area contributed by atoms with E-state index in [-0.39, 0.29) is 0 Å². The van der Waals surface area contributed by atoms with E-state index in [4.69, 9.17) is 5.26 Å². The van der Waals surface area contributed by atoms with Crippen LogP contribution in [0.2, 0.25) is 0 Å². The lowest BCUT2D eigenvalue weighted by Gasteiger charge is -1.96. The molecular weight excluding hydrogens is 206 g/mol. The minimum absolute atomic E-state index is 0.581. The lowest BCUT2D eigenvalue weighted by Crippen LogP contribution is -1.81. The molecular formula is C11H5N3S. The van der Waals surface area contributed by atoms with Crippen molar-refractivity contribution in [3.63, 3.8) is 0 Å². The Kier molecular flexibility index (Phi) is 1.67. The molecule has 2 heterocycles. The Morgan fingerprint density at radius 1 is 1.13 bits per heavy atom. The van der Waals surface area contributed by atoms with E-state index in [0.29, 0.717) is 5.56 Å². The molecule has 3 nitrogen and oxygen atoms in total. The van der Waals surface area contributed by atoms with Gasteiger partial charge in [-0.2, -0.15) is 5.26 Å². The van der Waals surface area contributed by atoms with Gasteiger partial charge in [0.15, 0.2) is 0 Å². The van der Waals surface area contributed by atoms with Crippen molar-refractivity contribution in [2.45, 2.75) is 0 Å². The fourth-order valence-electron chi connectivity index (χ4n) is 1.54. The van der Waals surface area contributed by atoms with Crippen molar-refractivity contribution in [3.05, 3.63) is 35.5 Å². The molecule has 0 N–H and O–H groups in total. The third kappa shape index (κ3) is 1.25. The van der Waals surface area contributed by atoms with E-state index in [9.17, 15) is 0 Å². The Morgan fingerprint density at radius 3 is 2.93 bits per heavy atom. The third-order valence-corrected chi connectivity index (χ3v) is 3.05. The molecule has 0 saturated carbocycles. The zero-order valence-electron chi connectivity index (χ0n) is 7.64. The molecule has 2 aromatic heterocycles. The zero-order valence-corrected chi connectivity index (χ0v) is 8.45.